The summed E-state index contributed by atoms with van der Waals surface area (Å²) < 4.78 is 15.4. The van der Waals surface area contributed by atoms with Gasteiger partial charge in [0.1, 0.15) is 23.1 Å². The number of benzene rings is 2. The maximum absolute atomic E-state index is 12.3. The monoisotopic (exact) mass is 394 g/mol. The first-order chi connectivity index (χ1) is 13.9. The maximum Gasteiger partial charge on any atom is 0.344 e. The maximum atomic E-state index is 12.3. The molecule has 2 rings (SSSR count). The zero-order chi connectivity index (χ0) is 21.2. The molecule has 0 bridgehead atoms. The molecule has 0 unspecified atom stereocenters. The summed E-state index contributed by atoms with van der Waals surface area (Å²) in [6.07, 6.45) is 1.27. The van der Waals surface area contributed by atoms with E-state index in [4.69, 9.17) is 14.2 Å². The van der Waals surface area contributed by atoms with Crippen molar-refractivity contribution in [3.05, 3.63) is 59.7 Å². The summed E-state index contributed by atoms with van der Waals surface area (Å²) >= 11 is 0. The molecule has 1 N–H and O–H groups in total. The Labute approximate surface area is 169 Å². The molecule has 7 heteroatoms. The van der Waals surface area contributed by atoms with Crippen molar-refractivity contribution in [2.24, 2.45) is 0 Å². The van der Waals surface area contributed by atoms with Crippen LogP contribution >= 0.6 is 0 Å². The number of rotatable bonds is 8. The fourth-order valence-corrected chi connectivity index (χ4v) is 2.29. The molecule has 0 aliphatic carbocycles. The SMILES string of the molecule is COc1ccc(NC(=O)/C(C#N)=C\c2ccc(OCC(=O)OC(C)C)cc2)cc1. The standard InChI is InChI=1S/C22H22N2O5/c1-15(2)29-21(25)14-28-20-8-4-16(5-9-20)12-17(13-23)22(26)24-18-6-10-19(27-3)11-7-18/h4-12,15H,14H2,1-3H3,(H,24,26)/b17-12-. The van der Waals surface area contributed by atoms with E-state index in [9.17, 15) is 14.9 Å². The lowest BCUT2D eigenvalue weighted by molar-refractivity contribution is -0.149. The second-order valence-corrected chi connectivity index (χ2v) is 6.25. The van der Waals surface area contributed by atoms with Crippen molar-refractivity contribution < 1.29 is 23.8 Å². The number of hydrogen-bond donors (Lipinski definition) is 1. The van der Waals surface area contributed by atoms with E-state index >= 15 is 0 Å². The van der Waals surface area contributed by atoms with Crippen LogP contribution in [-0.4, -0.2) is 31.7 Å². The van der Waals surface area contributed by atoms with E-state index in [-0.39, 0.29) is 18.3 Å². The van der Waals surface area contributed by atoms with Crippen LogP contribution in [0, 0.1) is 11.3 Å². The third-order valence-electron chi connectivity index (χ3n) is 3.63. The van der Waals surface area contributed by atoms with Crippen molar-refractivity contribution >= 4 is 23.6 Å². The average Bonchev–Trinajstić information content (AvgIpc) is 2.71. The van der Waals surface area contributed by atoms with Crippen LogP contribution in [0.15, 0.2) is 54.1 Å². The Morgan fingerprint density at radius 3 is 2.24 bits per heavy atom. The summed E-state index contributed by atoms with van der Waals surface area (Å²) in [5, 5.41) is 12.0. The van der Waals surface area contributed by atoms with Gasteiger partial charge in [0.15, 0.2) is 6.61 Å². The first kappa shape index (κ1) is 21.5. The number of nitrogens with zero attached hydrogens (tertiary/aromatic N) is 1. The molecule has 0 fully saturated rings. The van der Waals surface area contributed by atoms with Crippen molar-refractivity contribution in [2.45, 2.75) is 20.0 Å². The van der Waals surface area contributed by atoms with Gasteiger partial charge >= 0.3 is 5.97 Å². The molecule has 0 heterocycles. The number of ether oxygens (including phenoxy) is 3. The highest BCUT2D eigenvalue weighted by Crippen LogP contribution is 2.18. The molecule has 0 spiro atoms. The molecule has 0 aromatic heterocycles. The van der Waals surface area contributed by atoms with Gasteiger partial charge in [-0.2, -0.15) is 5.26 Å². The highest BCUT2D eigenvalue weighted by atomic mass is 16.6. The van der Waals surface area contributed by atoms with Crippen molar-refractivity contribution in [1.29, 1.82) is 5.26 Å². The van der Waals surface area contributed by atoms with Crippen molar-refractivity contribution in [3.63, 3.8) is 0 Å². The van der Waals surface area contributed by atoms with Gasteiger partial charge in [-0.3, -0.25) is 4.79 Å². The lowest BCUT2D eigenvalue weighted by atomic mass is 10.1. The minimum absolute atomic E-state index is 0.0463. The van der Waals surface area contributed by atoms with Crippen molar-refractivity contribution in [2.75, 3.05) is 19.0 Å². The predicted octanol–water partition coefficient (Wildman–Crippen LogP) is 3.57. The van der Waals surface area contributed by atoms with E-state index < -0.39 is 11.9 Å². The molecule has 0 aliphatic rings. The number of carbonyl (C=O) groups is 2. The van der Waals surface area contributed by atoms with E-state index in [0.29, 0.717) is 22.7 Å². The number of anilines is 1. The molecule has 0 atom stereocenters. The smallest absolute Gasteiger partial charge is 0.344 e. The van der Waals surface area contributed by atoms with Crippen LogP contribution in [0.3, 0.4) is 0 Å². The van der Waals surface area contributed by atoms with E-state index in [1.807, 2.05) is 6.07 Å². The van der Waals surface area contributed by atoms with Crippen LogP contribution < -0.4 is 14.8 Å². The molecular formula is C22H22N2O5. The third-order valence-corrected chi connectivity index (χ3v) is 3.63. The summed E-state index contributed by atoms with van der Waals surface area (Å²) in [5.41, 5.74) is 1.15. The number of methoxy groups -OCH3 is 1. The molecule has 2 aromatic carbocycles. The van der Waals surface area contributed by atoms with Gasteiger partial charge in [0.2, 0.25) is 0 Å². The van der Waals surface area contributed by atoms with Crippen molar-refractivity contribution in [3.8, 4) is 17.6 Å². The van der Waals surface area contributed by atoms with Gasteiger partial charge in [0.25, 0.3) is 5.91 Å². The summed E-state index contributed by atoms with van der Waals surface area (Å²) in [5.74, 6) is 0.170. The Bertz CT molecular complexity index is 910. The molecule has 2 aromatic rings. The van der Waals surface area contributed by atoms with Crippen LogP contribution in [0.5, 0.6) is 11.5 Å². The molecule has 29 heavy (non-hydrogen) atoms. The number of nitrogens with one attached hydrogen (secondary N) is 1. The molecule has 0 aliphatic heterocycles. The number of esters is 1. The van der Waals surface area contributed by atoms with Gasteiger partial charge in [0, 0.05) is 5.69 Å². The Kier molecular flexibility index (Phi) is 7.80. The van der Waals surface area contributed by atoms with Gasteiger partial charge in [-0.05, 0) is 61.9 Å². The molecule has 0 saturated carbocycles. The van der Waals surface area contributed by atoms with Crippen LogP contribution in [-0.2, 0) is 14.3 Å². The van der Waals surface area contributed by atoms with Crippen molar-refractivity contribution in [1.82, 2.24) is 0 Å². The fourth-order valence-electron chi connectivity index (χ4n) is 2.29. The number of carbonyl (C=O) groups excluding carboxylic acids is 2. The largest absolute Gasteiger partial charge is 0.497 e. The second kappa shape index (κ2) is 10.5. The van der Waals surface area contributed by atoms with Crippen LogP contribution in [0.4, 0.5) is 5.69 Å². The minimum Gasteiger partial charge on any atom is -0.497 e. The molecule has 0 radical (unpaired) electrons. The van der Waals surface area contributed by atoms with Gasteiger partial charge < -0.3 is 19.5 Å². The van der Waals surface area contributed by atoms with Crippen LogP contribution in [0.25, 0.3) is 6.08 Å². The fraction of sp³-hybridized carbons (Fsp3) is 0.227. The third kappa shape index (κ3) is 7.03. The summed E-state index contributed by atoms with van der Waals surface area (Å²) in [4.78, 5) is 23.8. The van der Waals surface area contributed by atoms with Gasteiger partial charge in [0.05, 0.1) is 13.2 Å². The molecule has 1 amide bonds. The zero-order valence-electron chi connectivity index (χ0n) is 16.5. The Hall–Kier alpha value is -3.79. The van der Waals surface area contributed by atoms with Gasteiger partial charge in [-0.25, -0.2) is 4.79 Å². The topological polar surface area (TPSA) is 97.6 Å². The van der Waals surface area contributed by atoms with E-state index in [1.54, 1.807) is 69.5 Å². The number of nitriles is 1. The average molecular weight is 394 g/mol. The summed E-state index contributed by atoms with van der Waals surface area (Å²) in [6.45, 7) is 3.33. The Balaban J connectivity index is 1.99. The first-order valence-electron chi connectivity index (χ1n) is 8.91. The minimum atomic E-state index is -0.519. The lowest BCUT2D eigenvalue weighted by Gasteiger charge is -2.09. The number of amides is 1. The highest BCUT2D eigenvalue weighted by Gasteiger charge is 2.10. The number of hydrogen-bond acceptors (Lipinski definition) is 6. The Morgan fingerprint density at radius 2 is 1.69 bits per heavy atom. The van der Waals surface area contributed by atoms with E-state index in [1.165, 1.54) is 6.08 Å². The zero-order valence-corrected chi connectivity index (χ0v) is 16.5. The summed E-state index contributed by atoms with van der Waals surface area (Å²) in [7, 11) is 1.55. The van der Waals surface area contributed by atoms with Crippen LogP contribution in [0.2, 0.25) is 0 Å². The second-order valence-electron chi connectivity index (χ2n) is 6.25. The lowest BCUT2D eigenvalue weighted by Crippen LogP contribution is -2.18. The Morgan fingerprint density at radius 1 is 1.07 bits per heavy atom. The molecular weight excluding hydrogens is 372 g/mol. The highest BCUT2D eigenvalue weighted by molar-refractivity contribution is 6.09. The molecule has 0 saturated heterocycles. The molecule has 7 nitrogen and oxygen atoms in total. The summed E-state index contributed by atoms with van der Waals surface area (Å²) in [6, 6.07) is 15.3. The van der Waals surface area contributed by atoms with Crippen LogP contribution in [0.1, 0.15) is 19.4 Å². The quantitative estimate of drug-likeness (QED) is 0.418. The first-order valence-corrected chi connectivity index (χ1v) is 8.91. The van der Waals surface area contributed by atoms with E-state index in [0.717, 1.165) is 0 Å². The van der Waals surface area contributed by atoms with Gasteiger partial charge in [-0.1, -0.05) is 12.1 Å². The normalized spacial score (nSPS) is 10.8. The van der Waals surface area contributed by atoms with Gasteiger partial charge in [-0.15, -0.1) is 0 Å². The predicted molar refractivity (Wildman–Crippen MR) is 108 cm³/mol. The van der Waals surface area contributed by atoms with E-state index in [2.05, 4.69) is 5.32 Å². The molecule has 150 valence electrons.